The van der Waals surface area contributed by atoms with Crippen LogP contribution in [-0.4, -0.2) is 30.9 Å². The normalized spacial score (nSPS) is 18.2. The molecular formula is C12H17NO3S. The third kappa shape index (κ3) is 2.30. The van der Waals surface area contributed by atoms with Crippen molar-refractivity contribution in [1.82, 2.24) is 4.31 Å². The average molecular weight is 255 g/mol. The van der Waals surface area contributed by atoms with E-state index in [9.17, 15) is 13.5 Å². The summed E-state index contributed by atoms with van der Waals surface area (Å²) < 4.78 is 26.1. The van der Waals surface area contributed by atoms with Crippen LogP contribution in [0.2, 0.25) is 0 Å². The molecule has 1 heterocycles. The summed E-state index contributed by atoms with van der Waals surface area (Å²) in [7, 11) is -3.53. The fourth-order valence-electron chi connectivity index (χ4n) is 2.08. The van der Waals surface area contributed by atoms with Gasteiger partial charge in [0.05, 0.1) is 0 Å². The van der Waals surface area contributed by atoms with Crippen LogP contribution in [0.15, 0.2) is 23.1 Å². The number of hydrogen-bond acceptors (Lipinski definition) is 3. The standard InChI is InChI=1S/C12H17NO3S/c1-10-6-5-7-11(12(10)14)17(15,16)13-8-3-2-4-9-13/h5-7,14H,2-4,8-9H2,1H3. The van der Waals surface area contributed by atoms with Gasteiger partial charge in [-0.3, -0.25) is 0 Å². The molecule has 5 heteroatoms. The lowest BCUT2D eigenvalue weighted by Gasteiger charge is -2.26. The molecule has 1 fully saturated rings. The van der Waals surface area contributed by atoms with Crippen LogP contribution in [0.4, 0.5) is 0 Å². The number of aromatic hydroxyl groups is 1. The summed E-state index contributed by atoms with van der Waals surface area (Å²) >= 11 is 0. The number of aryl methyl sites for hydroxylation is 1. The Morgan fingerprint density at radius 3 is 2.47 bits per heavy atom. The maximum atomic E-state index is 12.3. The monoisotopic (exact) mass is 255 g/mol. The first kappa shape index (κ1) is 12.4. The van der Waals surface area contributed by atoms with Gasteiger partial charge in [0.25, 0.3) is 0 Å². The lowest BCUT2D eigenvalue weighted by Crippen LogP contribution is -2.35. The molecular weight excluding hydrogens is 238 g/mol. The Kier molecular flexibility index (Phi) is 3.40. The molecule has 0 spiro atoms. The van der Waals surface area contributed by atoms with Crippen LogP contribution in [0.3, 0.4) is 0 Å². The van der Waals surface area contributed by atoms with Crippen molar-refractivity contribution in [2.24, 2.45) is 0 Å². The van der Waals surface area contributed by atoms with Gasteiger partial charge in [-0.1, -0.05) is 18.6 Å². The fraction of sp³-hybridized carbons (Fsp3) is 0.500. The van der Waals surface area contributed by atoms with E-state index in [1.165, 1.54) is 10.4 Å². The molecule has 0 unspecified atom stereocenters. The maximum Gasteiger partial charge on any atom is 0.246 e. The van der Waals surface area contributed by atoms with Crippen molar-refractivity contribution in [2.45, 2.75) is 31.1 Å². The minimum absolute atomic E-state index is 0.0272. The van der Waals surface area contributed by atoms with Crippen LogP contribution in [0.1, 0.15) is 24.8 Å². The molecule has 0 aromatic heterocycles. The third-order valence-corrected chi connectivity index (χ3v) is 5.06. The molecule has 1 aromatic carbocycles. The second kappa shape index (κ2) is 4.66. The number of para-hydroxylation sites is 1. The summed E-state index contributed by atoms with van der Waals surface area (Å²) in [6.45, 7) is 2.80. The minimum Gasteiger partial charge on any atom is -0.506 e. The summed E-state index contributed by atoms with van der Waals surface area (Å²) in [5.74, 6) is -0.127. The molecule has 1 N–H and O–H groups in total. The molecule has 17 heavy (non-hydrogen) atoms. The lowest BCUT2D eigenvalue weighted by atomic mass is 10.2. The number of nitrogens with zero attached hydrogens (tertiary/aromatic N) is 1. The highest BCUT2D eigenvalue weighted by molar-refractivity contribution is 7.89. The Bertz CT molecular complexity index is 504. The number of phenols is 1. The number of hydrogen-bond donors (Lipinski definition) is 1. The summed E-state index contributed by atoms with van der Waals surface area (Å²) in [6, 6.07) is 4.82. The van der Waals surface area contributed by atoms with Crippen molar-refractivity contribution in [3.63, 3.8) is 0 Å². The van der Waals surface area contributed by atoms with Crippen LogP contribution < -0.4 is 0 Å². The van der Waals surface area contributed by atoms with Gasteiger partial charge >= 0.3 is 0 Å². The van der Waals surface area contributed by atoms with Crippen molar-refractivity contribution < 1.29 is 13.5 Å². The molecule has 0 radical (unpaired) electrons. The molecule has 0 amide bonds. The first-order valence-corrected chi connectivity index (χ1v) is 7.26. The highest BCUT2D eigenvalue weighted by Gasteiger charge is 2.28. The molecule has 0 atom stereocenters. The average Bonchev–Trinajstić information content (AvgIpc) is 2.33. The van der Waals surface area contributed by atoms with Crippen molar-refractivity contribution >= 4 is 10.0 Å². The first-order valence-electron chi connectivity index (χ1n) is 5.82. The summed E-state index contributed by atoms with van der Waals surface area (Å²) in [4.78, 5) is 0.0272. The van der Waals surface area contributed by atoms with Gasteiger partial charge in [0.1, 0.15) is 10.6 Å². The Morgan fingerprint density at radius 1 is 1.18 bits per heavy atom. The van der Waals surface area contributed by atoms with Crippen LogP contribution >= 0.6 is 0 Å². The number of benzene rings is 1. The van der Waals surface area contributed by atoms with E-state index in [2.05, 4.69) is 0 Å². The van der Waals surface area contributed by atoms with Crippen LogP contribution in [0, 0.1) is 6.92 Å². The quantitative estimate of drug-likeness (QED) is 0.877. The zero-order chi connectivity index (χ0) is 12.5. The highest BCUT2D eigenvalue weighted by Crippen LogP contribution is 2.29. The number of phenolic OH excluding ortho intramolecular Hbond substituents is 1. The summed E-state index contributed by atoms with van der Waals surface area (Å²) in [5, 5.41) is 9.86. The van der Waals surface area contributed by atoms with Gasteiger partial charge in [-0.25, -0.2) is 8.42 Å². The highest BCUT2D eigenvalue weighted by atomic mass is 32.2. The molecule has 94 valence electrons. The van der Waals surface area contributed by atoms with Crippen molar-refractivity contribution in [3.8, 4) is 5.75 Å². The van der Waals surface area contributed by atoms with Gasteiger partial charge < -0.3 is 5.11 Å². The molecule has 0 bridgehead atoms. The zero-order valence-electron chi connectivity index (χ0n) is 9.89. The second-order valence-corrected chi connectivity index (χ2v) is 6.29. The van der Waals surface area contributed by atoms with Gasteiger partial charge in [-0.2, -0.15) is 4.31 Å². The van der Waals surface area contributed by atoms with Crippen LogP contribution in [0.25, 0.3) is 0 Å². The molecule has 0 aliphatic carbocycles. The maximum absolute atomic E-state index is 12.3. The largest absolute Gasteiger partial charge is 0.506 e. The minimum atomic E-state index is -3.53. The van der Waals surface area contributed by atoms with E-state index in [1.807, 2.05) is 0 Å². The topological polar surface area (TPSA) is 57.6 Å². The molecule has 1 aliphatic rings. The van der Waals surface area contributed by atoms with E-state index in [4.69, 9.17) is 0 Å². The van der Waals surface area contributed by atoms with E-state index in [-0.39, 0.29) is 10.6 Å². The van der Waals surface area contributed by atoms with Gasteiger partial charge in [-0.05, 0) is 31.4 Å². The van der Waals surface area contributed by atoms with E-state index >= 15 is 0 Å². The predicted octanol–water partition coefficient (Wildman–Crippen LogP) is 1.88. The van der Waals surface area contributed by atoms with E-state index in [0.717, 1.165) is 19.3 Å². The summed E-state index contributed by atoms with van der Waals surface area (Å²) in [6.07, 6.45) is 2.86. The van der Waals surface area contributed by atoms with Crippen molar-refractivity contribution in [1.29, 1.82) is 0 Å². The smallest absolute Gasteiger partial charge is 0.246 e. The molecule has 1 aromatic rings. The lowest BCUT2D eigenvalue weighted by molar-refractivity contribution is 0.344. The van der Waals surface area contributed by atoms with E-state index in [1.54, 1.807) is 19.1 Å². The molecule has 1 aliphatic heterocycles. The molecule has 2 rings (SSSR count). The van der Waals surface area contributed by atoms with Gasteiger partial charge in [0, 0.05) is 13.1 Å². The SMILES string of the molecule is Cc1cccc(S(=O)(=O)N2CCCCC2)c1O. The van der Waals surface area contributed by atoms with E-state index < -0.39 is 10.0 Å². The Hall–Kier alpha value is -1.07. The van der Waals surface area contributed by atoms with Crippen molar-refractivity contribution in [3.05, 3.63) is 23.8 Å². The van der Waals surface area contributed by atoms with Crippen LogP contribution in [0.5, 0.6) is 5.75 Å². The molecule has 1 saturated heterocycles. The van der Waals surface area contributed by atoms with Gasteiger partial charge in [0.2, 0.25) is 10.0 Å². The molecule has 4 nitrogen and oxygen atoms in total. The second-order valence-electron chi connectivity index (χ2n) is 4.39. The van der Waals surface area contributed by atoms with Gasteiger partial charge in [0.15, 0.2) is 0 Å². The summed E-state index contributed by atoms with van der Waals surface area (Å²) in [5.41, 5.74) is 0.586. The van der Waals surface area contributed by atoms with E-state index in [0.29, 0.717) is 18.7 Å². The van der Waals surface area contributed by atoms with Crippen molar-refractivity contribution in [2.75, 3.05) is 13.1 Å². The van der Waals surface area contributed by atoms with Gasteiger partial charge in [-0.15, -0.1) is 0 Å². The predicted molar refractivity (Wildman–Crippen MR) is 65.5 cm³/mol. The number of piperidine rings is 1. The Balaban J connectivity index is 2.40. The van der Waals surface area contributed by atoms with Crippen LogP contribution in [-0.2, 0) is 10.0 Å². The third-order valence-electron chi connectivity index (χ3n) is 3.13. The Labute approximate surface area is 102 Å². The first-order chi connectivity index (χ1) is 8.03. The molecule has 0 saturated carbocycles. The number of sulfonamides is 1. The Morgan fingerprint density at radius 2 is 1.82 bits per heavy atom. The number of rotatable bonds is 2. The zero-order valence-corrected chi connectivity index (χ0v) is 10.7. The fourth-order valence-corrected chi connectivity index (χ4v) is 3.76.